The zero-order valence-electron chi connectivity index (χ0n) is 14.9. The van der Waals surface area contributed by atoms with Gasteiger partial charge in [-0.05, 0) is 25.1 Å². The maximum Gasteiger partial charge on any atom is 0.253 e. The van der Waals surface area contributed by atoms with Gasteiger partial charge < -0.3 is 4.90 Å². The quantitative estimate of drug-likeness (QED) is 0.707. The second-order valence-electron chi connectivity index (χ2n) is 6.66. The molecule has 134 valence electrons. The number of aromatic nitrogens is 4. The third-order valence-electron chi connectivity index (χ3n) is 4.90. The SMILES string of the molecule is Cc1cc(=O)n(CCN2CCN(c3ccc4ncncc4c3)CC2)cn1. The number of benzene rings is 1. The van der Waals surface area contributed by atoms with Crippen molar-refractivity contribution >= 4 is 16.6 Å². The summed E-state index contributed by atoms with van der Waals surface area (Å²) in [7, 11) is 0. The van der Waals surface area contributed by atoms with Gasteiger partial charge in [0.25, 0.3) is 5.56 Å². The van der Waals surface area contributed by atoms with Crippen LogP contribution in [0.15, 0.2) is 47.9 Å². The molecule has 4 rings (SSSR count). The maximum absolute atomic E-state index is 11.9. The van der Waals surface area contributed by atoms with Crippen LogP contribution in [-0.2, 0) is 6.54 Å². The number of anilines is 1. The molecule has 0 aliphatic carbocycles. The lowest BCUT2D eigenvalue weighted by Crippen LogP contribution is -2.47. The summed E-state index contributed by atoms with van der Waals surface area (Å²) in [5, 5.41) is 1.07. The molecule has 26 heavy (non-hydrogen) atoms. The van der Waals surface area contributed by atoms with E-state index in [9.17, 15) is 4.79 Å². The van der Waals surface area contributed by atoms with Crippen LogP contribution in [0, 0.1) is 6.92 Å². The van der Waals surface area contributed by atoms with Crippen LogP contribution in [0.3, 0.4) is 0 Å². The van der Waals surface area contributed by atoms with Crippen LogP contribution in [0.1, 0.15) is 5.69 Å². The van der Waals surface area contributed by atoms with Crippen molar-refractivity contribution in [1.29, 1.82) is 0 Å². The molecule has 7 nitrogen and oxygen atoms in total. The van der Waals surface area contributed by atoms with Gasteiger partial charge in [-0.3, -0.25) is 14.3 Å². The van der Waals surface area contributed by atoms with Gasteiger partial charge in [0, 0.05) is 68.3 Å². The van der Waals surface area contributed by atoms with Crippen LogP contribution in [0.5, 0.6) is 0 Å². The Kier molecular flexibility index (Phi) is 4.62. The number of fused-ring (bicyclic) bond motifs is 1. The van der Waals surface area contributed by atoms with Crippen LogP contribution in [0.4, 0.5) is 5.69 Å². The normalized spacial score (nSPS) is 15.5. The molecule has 0 bridgehead atoms. The third kappa shape index (κ3) is 3.57. The van der Waals surface area contributed by atoms with E-state index in [0.717, 1.165) is 49.3 Å². The van der Waals surface area contributed by atoms with E-state index in [1.165, 1.54) is 5.69 Å². The first kappa shape index (κ1) is 16.7. The Hall–Kier alpha value is -2.80. The summed E-state index contributed by atoms with van der Waals surface area (Å²) in [5.41, 5.74) is 2.97. The third-order valence-corrected chi connectivity index (χ3v) is 4.90. The molecule has 1 aromatic carbocycles. The molecule has 0 spiro atoms. The van der Waals surface area contributed by atoms with Gasteiger partial charge in [-0.2, -0.15) is 0 Å². The molecule has 1 aliphatic heterocycles. The summed E-state index contributed by atoms with van der Waals surface area (Å²) in [4.78, 5) is 29.3. The largest absolute Gasteiger partial charge is 0.369 e. The number of hydrogen-bond donors (Lipinski definition) is 0. The van der Waals surface area contributed by atoms with E-state index >= 15 is 0 Å². The van der Waals surface area contributed by atoms with E-state index in [0.29, 0.717) is 6.54 Å². The summed E-state index contributed by atoms with van der Waals surface area (Å²) in [5.74, 6) is 0. The van der Waals surface area contributed by atoms with Crippen molar-refractivity contribution in [3.05, 3.63) is 59.2 Å². The van der Waals surface area contributed by atoms with Gasteiger partial charge in [0.05, 0.1) is 11.8 Å². The van der Waals surface area contributed by atoms with Crippen LogP contribution < -0.4 is 10.5 Å². The Morgan fingerprint density at radius 3 is 2.69 bits per heavy atom. The Labute approximate surface area is 151 Å². The molecule has 0 unspecified atom stereocenters. The minimum atomic E-state index is 0.0227. The van der Waals surface area contributed by atoms with Crippen molar-refractivity contribution in [1.82, 2.24) is 24.4 Å². The fourth-order valence-corrected chi connectivity index (χ4v) is 3.33. The molecule has 2 aromatic heterocycles. The summed E-state index contributed by atoms with van der Waals surface area (Å²) in [6.45, 7) is 7.29. The van der Waals surface area contributed by atoms with Crippen molar-refractivity contribution in [3.63, 3.8) is 0 Å². The average Bonchev–Trinajstić information content (AvgIpc) is 2.67. The van der Waals surface area contributed by atoms with Crippen LogP contribution in [0.25, 0.3) is 10.9 Å². The van der Waals surface area contributed by atoms with Crippen LogP contribution in [-0.4, -0.2) is 57.1 Å². The summed E-state index contributed by atoms with van der Waals surface area (Å²) < 4.78 is 1.68. The maximum atomic E-state index is 11.9. The van der Waals surface area contributed by atoms with E-state index in [2.05, 4.69) is 43.0 Å². The van der Waals surface area contributed by atoms with Crippen LogP contribution in [0.2, 0.25) is 0 Å². The van der Waals surface area contributed by atoms with E-state index in [-0.39, 0.29) is 5.56 Å². The first-order valence-corrected chi connectivity index (χ1v) is 8.89. The smallest absolute Gasteiger partial charge is 0.253 e. The molecular formula is C19H22N6O. The zero-order chi connectivity index (χ0) is 17.9. The van der Waals surface area contributed by atoms with E-state index in [4.69, 9.17) is 0 Å². The Bertz CT molecular complexity index is 961. The van der Waals surface area contributed by atoms with Crippen molar-refractivity contribution in [2.75, 3.05) is 37.6 Å². The molecule has 1 fully saturated rings. The molecule has 1 saturated heterocycles. The predicted octanol–water partition coefficient (Wildman–Crippen LogP) is 1.32. The molecule has 0 amide bonds. The molecule has 0 atom stereocenters. The zero-order valence-corrected chi connectivity index (χ0v) is 14.9. The lowest BCUT2D eigenvalue weighted by atomic mass is 10.2. The highest BCUT2D eigenvalue weighted by Gasteiger charge is 2.17. The van der Waals surface area contributed by atoms with Gasteiger partial charge in [0.2, 0.25) is 0 Å². The number of nitrogens with zero attached hydrogens (tertiary/aromatic N) is 6. The van der Waals surface area contributed by atoms with Gasteiger partial charge in [0.1, 0.15) is 6.33 Å². The van der Waals surface area contributed by atoms with Crippen molar-refractivity contribution in [2.45, 2.75) is 13.5 Å². The molecule has 0 N–H and O–H groups in total. The first-order valence-electron chi connectivity index (χ1n) is 8.89. The lowest BCUT2D eigenvalue weighted by Gasteiger charge is -2.36. The fourth-order valence-electron chi connectivity index (χ4n) is 3.33. The fraction of sp³-hybridized carbons (Fsp3) is 0.368. The molecule has 3 heterocycles. The van der Waals surface area contributed by atoms with E-state index in [1.54, 1.807) is 23.3 Å². The Balaban J connectivity index is 1.35. The monoisotopic (exact) mass is 350 g/mol. The van der Waals surface area contributed by atoms with Gasteiger partial charge in [-0.1, -0.05) is 0 Å². The molecule has 3 aromatic rings. The first-order chi connectivity index (χ1) is 12.7. The van der Waals surface area contributed by atoms with Crippen molar-refractivity contribution < 1.29 is 0 Å². The summed E-state index contributed by atoms with van der Waals surface area (Å²) in [6.07, 6.45) is 5.08. The molecular weight excluding hydrogens is 328 g/mol. The van der Waals surface area contributed by atoms with Crippen molar-refractivity contribution in [3.8, 4) is 0 Å². The van der Waals surface area contributed by atoms with Crippen molar-refractivity contribution in [2.24, 2.45) is 0 Å². The van der Waals surface area contributed by atoms with Gasteiger partial charge in [-0.15, -0.1) is 0 Å². The topological polar surface area (TPSA) is 67.2 Å². The minimum absolute atomic E-state index is 0.0227. The highest BCUT2D eigenvalue weighted by molar-refractivity contribution is 5.81. The Morgan fingerprint density at radius 2 is 1.88 bits per heavy atom. The van der Waals surface area contributed by atoms with Gasteiger partial charge in [0.15, 0.2) is 0 Å². The second kappa shape index (κ2) is 7.21. The molecule has 7 heteroatoms. The molecule has 0 saturated carbocycles. The molecule has 1 aliphatic rings. The van der Waals surface area contributed by atoms with Gasteiger partial charge in [-0.25, -0.2) is 15.0 Å². The number of rotatable bonds is 4. The molecule has 0 radical (unpaired) electrons. The lowest BCUT2D eigenvalue weighted by molar-refractivity contribution is 0.247. The second-order valence-corrected chi connectivity index (χ2v) is 6.66. The minimum Gasteiger partial charge on any atom is -0.369 e. The highest BCUT2D eigenvalue weighted by Crippen LogP contribution is 2.21. The van der Waals surface area contributed by atoms with E-state index < -0.39 is 0 Å². The van der Waals surface area contributed by atoms with Crippen LogP contribution >= 0.6 is 0 Å². The summed E-state index contributed by atoms with van der Waals surface area (Å²) in [6, 6.07) is 7.92. The average molecular weight is 350 g/mol. The summed E-state index contributed by atoms with van der Waals surface area (Å²) >= 11 is 0. The number of piperazine rings is 1. The Morgan fingerprint density at radius 1 is 1.04 bits per heavy atom. The highest BCUT2D eigenvalue weighted by atomic mass is 16.1. The number of hydrogen-bond acceptors (Lipinski definition) is 6. The number of aryl methyl sites for hydroxylation is 1. The van der Waals surface area contributed by atoms with E-state index in [1.807, 2.05) is 13.1 Å². The predicted molar refractivity (Wildman–Crippen MR) is 101 cm³/mol. The standard InChI is InChI=1S/C19H22N6O/c1-15-10-19(26)25(14-22-15)9-6-23-4-7-24(8-5-23)17-2-3-18-16(11-17)12-20-13-21-18/h2-3,10-14H,4-9H2,1H3. The van der Waals surface area contributed by atoms with Gasteiger partial charge >= 0.3 is 0 Å².